The highest BCUT2D eigenvalue weighted by Gasteiger charge is 2.29. The Kier molecular flexibility index (Phi) is 5.05. The van der Waals surface area contributed by atoms with Crippen LogP contribution in [-0.2, 0) is 13.0 Å². The third kappa shape index (κ3) is 4.07. The minimum Gasteiger partial charge on any atom is -0.345 e. The van der Waals surface area contributed by atoms with Crippen molar-refractivity contribution in [3.05, 3.63) is 46.5 Å². The minimum absolute atomic E-state index is 0.262. The number of fused-ring (bicyclic) bond motifs is 1. The van der Waals surface area contributed by atoms with Crippen LogP contribution in [0.4, 0.5) is 5.69 Å². The Bertz CT molecular complexity index is 852. The molecule has 2 aromatic rings. The van der Waals surface area contributed by atoms with Crippen LogP contribution in [0, 0.1) is 0 Å². The summed E-state index contributed by atoms with van der Waals surface area (Å²) in [6.45, 7) is 6.44. The molecule has 0 saturated heterocycles. The Morgan fingerprint density at radius 2 is 1.96 bits per heavy atom. The summed E-state index contributed by atoms with van der Waals surface area (Å²) in [5, 5.41) is 6.28. The maximum atomic E-state index is 12.8. The van der Waals surface area contributed by atoms with Crippen LogP contribution in [0.25, 0.3) is 0 Å². The van der Waals surface area contributed by atoms with Crippen molar-refractivity contribution in [1.29, 1.82) is 0 Å². The zero-order chi connectivity index (χ0) is 18.9. The molecule has 0 spiro atoms. The number of benzene rings is 1. The number of hydrogen-bond donors (Lipinski definition) is 2. The number of nitrogens with zero attached hydrogens (tertiary/aromatic N) is 2. The van der Waals surface area contributed by atoms with Crippen LogP contribution in [-0.4, -0.2) is 26.9 Å². The van der Waals surface area contributed by atoms with E-state index in [2.05, 4.69) is 15.6 Å². The molecule has 0 unspecified atom stereocenters. The van der Waals surface area contributed by atoms with Gasteiger partial charge in [-0.1, -0.05) is 17.7 Å². The highest BCUT2D eigenvalue weighted by Crippen LogP contribution is 2.23. The van der Waals surface area contributed by atoms with Gasteiger partial charge in [-0.25, -0.2) is 4.98 Å². The zero-order valence-electron chi connectivity index (χ0n) is 15.2. The lowest BCUT2D eigenvalue weighted by molar-refractivity contribution is 0.0903. The first-order valence-electron chi connectivity index (χ1n) is 8.73. The number of aromatic nitrogens is 2. The summed E-state index contributed by atoms with van der Waals surface area (Å²) < 4.78 is 1.87. The van der Waals surface area contributed by atoms with E-state index in [1.54, 1.807) is 24.3 Å². The molecule has 1 aliphatic rings. The smallest absolute Gasteiger partial charge is 0.287 e. The Labute approximate surface area is 157 Å². The van der Waals surface area contributed by atoms with Gasteiger partial charge in [0.25, 0.3) is 11.8 Å². The maximum absolute atomic E-state index is 12.8. The molecule has 0 atom stereocenters. The molecule has 2 N–H and O–H groups in total. The van der Waals surface area contributed by atoms with Gasteiger partial charge >= 0.3 is 0 Å². The molecule has 1 aromatic carbocycles. The first kappa shape index (κ1) is 18.5. The lowest BCUT2D eigenvalue weighted by Gasteiger charge is -2.22. The summed E-state index contributed by atoms with van der Waals surface area (Å²) in [6.07, 6.45) is 2.67. The first-order chi connectivity index (χ1) is 12.2. The predicted octanol–water partition coefficient (Wildman–Crippen LogP) is 3.65. The fourth-order valence-electron chi connectivity index (χ4n) is 3.05. The second-order valence-electron chi connectivity index (χ2n) is 7.51. The quantitative estimate of drug-likeness (QED) is 0.860. The van der Waals surface area contributed by atoms with Crippen molar-refractivity contribution in [2.24, 2.45) is 0 Å². The lowest BCUT2D eigenvalue weighted by atomic mass is 10.1. The van der Waals surface area contributed by atoms with Crippen molar-refractivity contribution in [1.82, 2.24) is 14.9 Å². The molecule has 0 fully saturated rings. The van der Waals surface area contributed by atoms with E-state index in [1.165, 1.54) is 0 Å². The predicted molar refractivity (Wildman–Crippen MR) is 102 cm³/mol. The second kappa shape index (κ2) is 7.11. The number of hydrogen-bond acceptors (Lipinski definition) is 3. The topological polar surface area (TPSA) is 76.0 Å². The van der Waals surface area contributed by atoms with Gasteiger partial charge in [-0.2, -0.15) is 0 Å². The summed E-state index contributed by atoms with van der Waals surface area (Å²) in [4.78, 5) is 29.8. The van der Waals surface area contributed by atoms with Gasteiger partial charge in [0.1, 0.15) is 0 Å². The number of halogens is 1. The van der Waals surface area contributed by atoms with Crippen molar-refractivity contribution in [2.45, 2.75) is 52.1 Å². The van der Waals surface area contributed by atoms with E-state index in [1.807, 2.05) is 25.3 Å². The summed E-state index contributed by atoms with van der Waals surface area (Å²) in [6, 6.07) is 6.95. The van der Waals surface area contributed by atoms with Crippen molar-refractivity contribution >= 4 is 29.1 Å². The largest absolute Gasteiger partial charge is 0.345 e. The summed E-state index contributed by atoms with van der Waals surface area (Å²) in [5.74, 6) is -0.291. The molecule has 0 bridgehead atoms. The van der Waals surface area contributed by atoms with Crippen LogP contribution in [0.5, 0.6) is 0 Å². The van der Waals surface area contributed by atoms with Crippen LogP contribution in [0.3, 0.4) is 0 Å². The molecule has 3 rings (SSSR count). The molecular weight excluding hydrogens is 352 g/mol. The number of nitrogens with one attached hydrogen (secondary N) is 2. The van der Waals surface area contributed by atoms with Crippen LogP contribution < -0.4 is 10.6 Å². The van der Waals surface area contributed by atoms with E-state index >= 15 is 0 Å². The standard InChI is InChI=1S/C19H23ClN4O2/c1-19(2,3)23-18(26)16-22-15(14-9-4-5-10-24(14)16)17(25)21-13-8-6-7-12(20)11-13/h6-8,11H,4-5,9-10H2,1-3H3,(H,21,25)(H,23,26). The van der Waals surface area contributed by atoms with Crippen LogP contribution in [0.15, 0.2) is 24.3 Å². The molecule has 1 aromatic heterocycles. The van der Waals surface area contributed by atoms with Gasteiger partial charge in [-0.05, 0) is 58.2 Å². The van der Waals surface area contributed by atoms with E-state index in [0.29, 0.717) is 28.8 Å². The van der Waals surface area contributed by atoms with E-state index in [-0.39, 0.29) is 17.4 Å². The Morgan fingerprint density at radius 3 is 2.65 bits per heavy atom. The van der Waals surface area contributed by atoms with Gasteiger partial charge in [-0.15, -0.1) is 0 Å². The van der Waals surface area contributed by atoms with Crippen LogP contribution >= 0.6 is 11.6 Å². The van der Waals surface area contributed by atoms with Gasteiger partial charge in [-0.3, -0.25) is 9.59 Å². The molecule has 2 heterocycles. The van der Waals surface area contributed by atoms with Crippen molar-refractivity contribution in [3.8, 4) is 0 Å². The molecule has 138 valence electrons. The van der Waals surface area contributed by atoms with Crippen molar-refractivity contribution in [3.63, 3.8) is 0 Å². The molecule has 26 heavy (non-hydrogen) atoms. The van der Waals surface area contributed by atoms with Crippen LogP contribution in [0.1, 0.15) is 60.4 Å². The number of carbonyl (C=O) groups excluding carboxylic acids is 2. The fraction of sp³-hybridized carbons (Fsp3) is 0.421. The number of carbonyl (C=O) groups is 2. The zero-order valence-corrected chi connectivity index (χ0v) is 16.0. The average molecular weight is 375 g/mol. The summed E-state index contributed by atoms with van der Waals surface area (Å²) in [7, 11) is 0. The first-order valence-corrected chi connectivity index (χ1v) is 9.11. The SMILES string of the molecule is CC(C)(C)NC(=O)c1nc(C(=O)Nc2cccc(Cl)c2)c2n1CCCC2. The third-order valence-corrected chi connectivity index (χ3v) is 4.34. The lowest BCUT2D eigenvalue weighted by Crippen LogP contribution is -2.42. The van der Waals surface area contributed by atoms with E-state index in [0.717, 1.165) is 25.0 Å². The highest BCUT2D eigenvalue weighted by molar-refractivity contribution is 6.31. The van der Waals surface area contributed by atoms with Crippen molar-refractivity contribution in [2.75, 3.05) is 5.32 Å². The Hall–Kier alpha value is -2.34. The van der Waals surface area contributed by atoms with E-state index < -0.39 is 0 Å². The third-order valence-electron chi connectivity index (χ3n) is 4.11. The number of imidazole rings is 1. The molecule has 2 amide bonds. The fourth-order valence-corrected chi connectivity index (χ4v) is 3.24. The average Bonchev–Trinajstić information content (AvgIpc) is 2.93. The van der Waals surface area contributed by atoms with Gasteiger partial charge in [0, 0.05) is 22.8 Å². The Morgan fingerprint density at radius 1 is 1.19 bits per heavy atom. The highest BCUT2D eigenvalue weighted by atomic mass is 35.5. The maximum Gasteiger partial charge on any atom is 0.287 e. The van der Waals surface area contributed by atoms with Crippen LogP contribution in [0.2, 0.25) is 5.02 Å². The second-order valence-corrected chi connectivity index (χ2v) is 7.94. The van der Waals surface area contributed by atoms with Gasteiger partial charge < -0.3 is 15.2 Å². The van der Waals surface area contributed by atoms with E-state index in [4.69, 9.17) is 11.6 Å². The molecule has 0 saturated carbocycles. The molecule has 7 heteroatoms. The molecule has 0 radical (unpaired) electrons. The number of rotatable bonds is 3. The Balaban J connectivity index is 1.92. The number of amides is 2. The normalized spacial score (nSPS) is 13.8. The van der Waals surface area contributed by atoms with E-state index in [9.17, 15) is 9.59 Å². The molecular formula is C19H23ClN4O2. The summed E-state index contributed by atoms with van der Waals surface area (Å²) >= 11 is 5.97. The molecule has 1 aliphatic heterocycles. The molecule has 6 nitrogen and oxygen atoms in total. The monoisotopic (exact) mass is 374 g/mol. The van der Waals surface area contributed by atoms with Gasteiger partial charge in [0.15, 0.2) is 11.5 Å². The number of anilines is 1. The minimum atomic E-state index is -0.374. The van der Waals surface area contributed by atoms with Crippen molar-refractivity contribution < 1.29 is 9.59 Å². The van der Waals surface area contributed by atoms with Gasteiger partial charge in [0.05, 0.1) is 5.69 Å². The summed E-state index contributed by atoms with van der Waals surface area (Å²) in [5.41, 5.74) is 1.35. The van der Waals surface area contributed by atoms with Gasteiger partial charge in [0.2, 0.25) is 0 Å². The molecule has 0 aliphatic carbocycles.